The molecule has 0 aliphatic carbocycles. The molecule has 10 heteroatoms. The van der Waals surface area contributed by atoms with Crippen molar-refractivity contribution in [3.05, 3.63) is 47.8 Å². The molecule has 138 valence electrons. The van der Waals surface area contributed by atoms with Gasteiger partial charge in [-0.25, -0.2) is 0 Å². The Hall–Kier alpha value is -2.26. The number of nitrogens with one attached hydrogen (secondary N) is 2. The van der Waals surface area contributed by atoms with E-state index in [2.05, 4.69) is 20.5 Å². The highest BCUT2D eigenvalue weighted by Gasteiger charge is 2.30. The maximum Gasteiger partial charge on any atom is 0.573 e. The van der Waals surface area contributed by atoms with Crippen molar-refractivity contribution < 1.29 is 22.7 Å². The van der Waals surface area contributed by atoms with Crippen LogP contribution in [-0.4, -0.2) is 29.1 Å². The van der Waals surface area contributed by atoms with E-state index in [0.717, 1.165) is 0 Å². The maximum atomic E-state index is 12.2. The average Bonchev–Trinajstić information content (AvgIpc) is 2.92. The van der Waals surface area contributed by atoms with Crippen LogP contribution in [0.3, 0.4) is 0 Å². The third-order valence-electron chi connectivity index (χ3n) is 3.23. The number of ether oxygens (including phenoxy) is 1. The molecule has 0 saturated carbocycles. The molecule has 0 fully saturated rings. The molecule has 25 heavy (non-hydrogen) atoms. The topological polar surface area (TPSA) is 68.2 Å². The summed E-state index contributed by atoms with van der Waals surface area (Å²) in [4.78, 5) is 12.2. The predicted octanol–water partition coefficient (Wildman–Crippen LogP) is 2.32. The summed E-state index contributed by atoms with van der Waals surface area (Å²) in [6.45, 7) is 0.184. The van der Waals surface area contributed by atoms with Gasteiger partial charge in [0.05, 0.1) is 6.20 Å². The monoisotopic (exact) mass is 378 g/mol. The fraction of sp³-hybridized carbons (Fsp3) is 0.333. The minimum absolute atomic E-state index is 0. The van der Waals surface area contributed by atoms with Gasteiger partial charge in [-0.3, -0.25) is 9.48 Å². The molecular formula is C15H18ClF3N4O2. The van der Waals surface area contributed by atoms with Crippen LogP contribution < -0.4 is 15.4 Å². The molecule has 1 amide bonds. The Morgan fingerprint density at radius 2 is 1.96 bits per heavy atom. The van der Waals surface area contributed by atoms with Crippen LogP contribution >= 0.6 is 12.4 Å². The van der Waals surface area contributed by atoms with Crippen molar-refractivity contribution in [2.45, 2.75) is 18.9 Å². The van der Waals surface area contributed by atoms with Crippen molar-refractivity contribution in [1.82, 2.24) is 20.4 Å². The number of rotatable bonds is 6. The second-order valence-corrected chi connectivity index (χ2v) is 5.08. The zero-order chi connectivity index (χ0) is 17.7. The molecule has 2 N–H and O–H groups in total. The van der Waals surface area contributed by atoms with Gasteiger partial charge in [-0.2, -0.15) is 5.10 Å². The van der Waals surface area contributed by atoms with E-state index in [-0.39, 0.29) is 30.6 Å². The molecule has 2 aromatic rings. The number of nitrogens with zero attached hydrogens (tertiary/aromatic N) is 2. The lowest BCUT2D eigenvalue weighted by Crippen LogP contribution is -2.35. The van der Waals surface area contributed by atoms with Crippen LogP contribution in [0.4, 0.5) is 13.2 Å². The summed E-state index contributed by atoms with van der Waals surface area (Å²) in [5, 5.41) is 9.63. The molecule has 1 atom stereocenters. The standard InChI is InChI=1S/C15H17F3N4O2.ClH/c1-19-13(11-8-21-22(2)9-11)14(23)20-7-10-3-5-12(6-4-10)24-15(16,17)18;/h3-6,8-9,13,19H,7H2,1-2H3,(H,20,23);1H. The molecule has 0 bridgehead atoms. The number of aromatic nitrogens is 2. The zero-order valence-electron chi connectivity index (χ0n) is 13.5. The van der Waals surface area contributed by atoms with Gasteiger partial charge in [0.15, 0.2) is 0 Å². The SMILES string of the molecule is CNC(C(=O)NCc1ccc(OC(F)(F)F)cc1)c1cnn(C)c1.Cl. The number of hydrogen-bond acceptors (Lipinski definition) is 4. The normalized spacial score (nSPS) is 12.2. The Kier molecular flexibility index (Phi) is 7.25. The average molecular weight is 379 g/mol. The molecule has 2 rings (SSSR count). The fourth-order valence-electron chi connectivity index (χ4n) is 2.14. The van der Waals surface area contributed by atoms with Crippen LogP contribution in [0, 0.1) is 0 Å². The van der Waals surface area contributed by atoms with E-state index in [1.54, 1.807) is 31.2 Å². The van der Waals surface area contributed by atoms with E-state index >= 15 is 0 Å². The van der Waals surface area contributed by atoms with Crippen molar-refractivity contribution in [2.24, 2.45) is 7.05 Å². The van der Waals surface area contributed by atoms with Crippen molar-refractivity contribution in [2.75, 3.05) is 7.05 Å². The van der Waals surface area contributed by atoms with Crippen LogP contribution in [0.1, 0.15) is 17.2 Å². The lowest BCUT2D eigenvalue weighted by atomic mass is 10.1. The first-order chi connectivity index (χ1) is 11.3. The van der Waals surface area contributed by atoms with Gasteiger partial charge in [0.1, 0.15) is 11.8 Å². The van der Waals surface area contributed by atoms with E-state index < -0.39 is 12.4 Å². The van der Waals surface area contributed by atoms with Crippen LogP contribution in [0.15, 0.2) is 36.7 Å². The fourth-order valence-corrected chi connectivity index (χ4v) is 2.14. The lowest BCUT2D eigenvalue weighted by Gasteiger charge is -2.15. The van der Waals surface area contributed by atoms with Crippen molar-refractivity contribution in [3.8, 4) is 5.75 Å². The highest BCUT2D eigenvalue weighted by molar-refractivity contribution is 5.85. The minimum atomic E-state index is -4.72. The van der Waals surface area contributed by atoms with E-state index in [9.17, 15) is 18.0 Å². The summed E-state index contributed by atoms with van der Waals surface area (Å²) < 4.78 is 41.7. The highest BCUT2D eigenvalue weighted by Crippen LogP contribution is 2.22. The number of likely N-dealkylation sites (N-methyl/N-ethyl adjacent to an activating group) is 1. The predicted molar refractivity (Wildman–Crippen MR) is 87.2 cm³/mol. The Morgan fingerprint density at radius 3 is 2.44 bits per heavy atom. The first-order valence-electron chi connectivity index (χ1n) is 7.06. The summed E-state index contributed by atoms with van der Waals surface area (Å²) >= 11 is 0. The summed E-state index contributed by atoms with van der Waals surface area (Å²) in [6.07, 6.45) is -1.41. The summed E-state index contributed by atoms with van der Waals surface area (Å²) in [5.41, 5.74) is 1.37. The number of carbonyl (C=O) groups is 1. The number of halogens is 4. The molecule has 1 aromatic carbocycles. The van der Waals surface area contributed by atoms with Crippen LogP contribution in [0.25, 0.3) is 0 Å². The van der Waals surface area contributed by atoms with E-state index in [0.29, 0.717) is 11.1 Å². The Morgan fingerprint density at radius 1 is 1.32 bits per heavy atom. The molecule has 6 nitrogen and oxygen atoms in total. The summed E-state index contributed by atoms with van der Waals surface area (Å²) in [5.74, 6) is -0.567. The largest absolute Gasteiger partial charge is 0.573 e. The maximum absolute atomic E-state index is 12.2. The van der Waals surface area contributed by atoms with Gasteiger partial charge in [0, 0.05) is 25.4 Å². The minimum Gasteiger partial charge on any atom is -0.406 e. The highest BCUT2D eigenvalue weighted by atomic mass is 35.5. The van der Waals surface area contributed by atoms with Gasteiger partial charge < -0.3 is 15.4 Å². The van der Waals surface area contributed by atoms with Crippen LogP contribution in [0.5, 0.6) is 5.75 Å². The number of hydrogen-bond donors (Lipinski definition) is 2. The smallest absolute Gasteiger partial charge is 0.406 e. The molecule has 0 radical (unpaired) electrons. The number of aryl methyl sites for hydroxylation is 1. The summed E-state index contributed by atoms with van der Waals surface area (Å²) in [7, 11) is 3.40. The first-order valence-corrected chi connectivity index (χ1v) is 7.06. The summed E-state index contributed by atoms with van der Waals surface area (Å²) in [6, 6.07) is 4.75. The number of benzene rings is 1. The van der Waals surface area contributed by atoms with E-state index in [1.165, 1.54) is 24.3 Å². The quantitative estimate of drug-likeness (QED) is 0.809. The molecule has 0 aliphatic heterocycles. The Bertz CT molecular complexity index is 689. The molecule has 1 heterocycles. The molecule has 1 aromatic heterocycles. The molecular weight excluding hydrogens is 361 g/mol. The Labute approximate surface area is 148 Å². The van der Waals surface area contributed by atoms with Gasteiger partial charge in [-0.05, 0) is 24.7 Å². The van der Waals surface area contributed by atoms with Gasteiger partial charge in [0.25, 0.3) is 0 Å². The lowest BCUT2D eigenvalue weighted by molar-refractivity contribution is -0.274. The van der Waals surface area contributed by atoms with Crippen molar-refractivity contribution in [3.63, 3.8) is 0 Å². The van der Waals surface area contributed by atoms with E-state index in [4.69, 9.17) is 0 Å². The number of carbonyl (C=O) groups excluding carboxylic acids is 1. The van der Waals surface area contributed by atoms with Gasteiger partial charge in [-0.15, -0.1) is 25.6 Å². The van der Waals surface area contributed by atoms with Crippen LogP contribution in [-0.2, 0) is 18.4 Å². The third-order valence-corrected chi connectivity index (χ3v) is 3.23. The van der Waals surface area contributed by atoms with Gasteiger partial charge in [0.2, 0.25) is 5.91 Å². The number of amides is 1. The molecule has 0 saturated heterocycles. The molecule has 0 aliphatic rings. The van der Waals surface area contributed by atoms with Crippen molar-refractivity contribution in [1.29, 1.82) is 0 Å². The molecule has 0 spiro atoms. The molecule has 1 unspecified atom stereocenters. The Balaban J connectivity index is 0.00000312. The zero-order valence-corrected chi connectivity index (χ0v) is 14.3. The van der Waals surface area contributed by atoms with Gasteiger partial charge >= 0.3 is 6.36 Å². The van der Waals surface area contributed by atoms with Gasteiger partial charge in [-0.1, -0.05) is 12.1 Å². The third kappa shape index (κ3) is 6.28. The van der Waals surface area contributed by atoms with Crippen LogP contribution in [0.2, 0.25) is 0 Å². The number of alkyl halides is 3. The van der Waals surface area contributed by atoms with Crippen molar-refractivity contribution >= 4 is 18.3 Å². The second-order valence-electron chi connectivity index (χ2n) is 5.08. The second kappa shape index (κ2) is 8.72. The van der Waals surface area contributed by atoms with E-state index in [1.807, 2.05) is 0 Å². The first kappa shape index (κ1) is 20.8.